The first-order chi connectivity index (χ1) is 23.1. The summed E-state index contributed by atoms with van der Waals surface area (Å²) in [5.74, 6) is -2.56. The van der Waals surface area contributed by atoms with Crippen LogP contribution in [0.4, 0.5) is 18.0 Å². The van der Waals surface area contributed by atoms with Gasteiger partial charge in [-0.05, 0) is 68.4 Å². The molecule has 2 aromatic carbocycles. The minimum atomic E-state index is -5.04. The molecular formula is C34H47F3N4O8S. The lowest BCUT2D eigenvalue weighted by molar-refractivity contribution is -0.215. The number of hydrogen-bond donors (Lipinski definition) is 4. The Kier molecular flexibility index (Phi) is 13.3. The van der Waals surface area contributed by atoms with E-state index < -0.39 is 87.2 Å². The maximum Gasteiger partial charge on any atom is 0.416 e. The molecule has 5 atom stereocenters. The first-order valence-electron chi connectivity index (χ1n) is 16.1. The van der Waals surface area contributed by atoms with Crippen LogP contribution in [-0.4, -0.2) is 91.2 Å². The third-order valence-electron chi connectivity index (χ3n) is 8.22. The maximum absolute atomic E-state index is 13.8. The predicted octanol–water partition coefficient (Wildman–Crippen LogP) is 3.24. The zero-order valence-corrected chi connectivity index (χ0v) is 29.8. The molecule has 0 aliphatic carbocycles. The molecular weight excluding hydrogens is 681 g/mol. The van der Waals surface area contributed by atoms with Gasteiger partial charge in [0, 0.05) is 13.1 Å². The second kappa shape index (κ2) is 16.4. The summed E-state index contributed by atoms with van der Waals surface area (Å²) in [6, 6.07) is 8.69. The number of hydrogen-bond acceptors (Lipinski definition) is 9. The molecule has 16 heteroatoms. The van der Waals surface area contributed by atoms with Crippen LogP contribution in [0.15, 0.2) is 48.5 Å². The number of benzene rings is 2. The van der Waals surface area contributed by atoms with Gasteiger partial charge in [0.25, 0.3) is 0 Å². The van der Waals surface area contributed by atoms with Crippen molar-refractivity contribution in [3.8, 4) is 5.75 Å². The van der Waals surface area contributed by atoms with E-state index >= 15 is 0 Å². The molecule has 278 valence electrons. The summed E-state index contributed by atoms with van der Waals surface area (Å²) in [6.07, 6.45) is -8.91. The summed E-state index contributed by atoms with van der Waals surface area (Å²) < 4.78 is 77.8. The molecule has 1 heterocycles. The maximum atomic E-state index is 13.8. The van der Waals surface area contributed by atoms with Crippen molar-refractivity contribution in [3.05, 3.63) is 65.2 Å². The van der Waals surface area contributed by atoms with E-state index in [1.165, 1.54) is 21.0 Å². The number of amides is 3. The van der Waals surface area contributed by atoms with E-state index in [0.29, 0.717) is 16.9 Å². The van der Waals surface area contributed by atoms with Crippen molar-refractivity contribution >= 4 is 27.7 Å². The molecule has 0 spiro atoms. The van der Waals surface area contributed by atoms with Gasteiger partial charge in [0.2, 0.25) is 11.8 Å². The highest BCUT2D eigenvalue weighted by Crippen LogP contribution is 2.30. The Balaban J connectivity index is 1.80. The molecule has 12 nitrogen and oxygen atoms in total. The number of aliphatic hydroxyl groups excluding tert-OH is 1. The number of sulfone groups is 1. The Morgan fingerprint density at radius 2 is 1.56 bits per heavy atom. The SMILES string of the molecule is COc1ccc(CS(=O)(=O)[C@@H]2C[C@@H](C(=O)N[C@@H](C(C)C)[C@H](O)C(F)(F)F)N(C(=O)[C@@H](N)Cc3ccc(CNC(=O)OC(C)(C)C)cc3)C2)cc1. The van der Waals surface area contributed by atoms with Crippen molar-refractivity contribution in [1.29, 1.82) is 0 Å². The topological polar surface area (TPSA) is 177 Å². The number of alkyl carbamates (subject to hydrolysis) is 1. The number of alkyl halides is 3. The lowest BCUT2D eigenvalue weighted by Gasteiger charge is -2.32. The van der Waals surface area contributed by atoms with Crippen molar-refractivity contribution in [2.45, 2.75) is 101 Å². The molecule has 0 radical (unpaired) electrons. The van der Waals surface area contributed by atoms with Gasteiger partial charge in [-0.15, -0.1) is 0 Å². The van der Waals surface area contributed by atoms with Crippen LogP contribution in [0.2, 0.25) is 0 Å². The number of nitrogens with two attached hydrogens (primary N) is 1. The Labute approximate surface area is 290 Å². The van der Waals surface area contributed by atoms with E-state index in [0.717, 1.165) is 10.5 Å². The van der Waals surface area contributed by atoms with Crippen LogP contribution < -0.4 is 21.1 Å². The normalized spacial score (nSPS) is 18.7. The molecule has 50 heavy (non-hydrogen) atoms. The van der Waals surface area contributed by atoms with E-state index in [1.54, 1.807) is 69.3 Å². The fourth-order valence-electron chi connectivity index (χ4n) is 5.53. The average molecular weight is 729 g/mol. The van der Waals surface area contributed by atoms with Gasteiger partial charge in [0.05, 0.1) is 30.2 Å². The standard InChI is InChI=1S/C34H47F3N4O8S/c1-20(2)28(29(42)34(35,36)37)40-30(43)27-16-25(50(46,47)19-23-11-13-24(48-6)14-12-23)18-41(27)31(44)26(38)15-21-7-9-22(10-8-21)17-39-32(45)49-33(3,4)5/h7-14,20,25-29,42H,15-19,38H2,1-6H3,(H,39,45)(H,40,43)/t25-,26+,27+,28+,29+/m1/s1. The largest absolute Gasteiger partial charge is 0.497 e. The summed E-state index contributed by atoms with van der Waals surface area (Å²) in [5.41, 5.74) is 7.44. The minimum Gasteiger partial charge on any atom is -0.497 e. The van der Waals surface area contributed by atoms with Gasteiger partial charge in [0.1, 0.15) is 17.4 Å². The van der Waals surface area contributed by atoms with Gasteiger partial charge >= 0.3 is 12.3 Å². The summed E-state index contributed by atoms with van der Waals surface area (Å²) in [4.78, 5) is 40.3. The number of nitrogens with one attached hydrogen (secondary N) is 2. The summed E-state index contributed by atoms with van der Waals surface area (Å²) >= 11 is 0. The second-order valence-corrected chi connectivity index (χ2v) is 16.0. The molecule has 2 aromatic rings. The number of likely N-dealkylation sites (tertiary alicyclic amines) is 1. The number of carbonyl (C=O) groups is 3. The molecule has 5 N–H and O–H groups in total. The predicted molar refractivity (Wildman–Crippen MR) is 180 cm³/mol. The molecule has 3 amide bonds. The van der Waals surface area contributed by atoms with E-state index in [9.17, 15) is 41.1 Å². The molecule has 3 rings (SSSR count). The van der Waals surface area contributed by atoms with Gasteiger partial charge < -0.3 is 35.8 Å². The molecule has 0 aromatic heterocycles. The third kappa shape index (κ3) is 11.3. The highest BCUT2D eigenvalue weighted by Gasteiger charge is 2.49. The molecule has 0 bridgehead atoms. The number of nitrogens with zero attached hydrogens (tertiary/aromatic N) is 1. The van der Waals surface area contributed by atoms with E-state index in [1.807, 2.05) is 0 Å². The lowest BCUT2D eigenvalue weighted by Crippen LogP contribution is -2.58. The zero-order valence-electron chi connectivity index (χ0n) is 29.0. The molecule has 0 saturated carbocycles. The first kappa shape index (κ1) is 40.5. The number of rotatable bonds is 13. The average Bonchev–Trinajstić information content (AvgIpc) is 3.48. The van der Waals surface area contributed by atoms with Crippen molar-refractivity contribution in [2.75, 3.05) is 13.7 Å². The summed E-state index contributed by atoms with van der Waals surface area (Å²) in [6.45, 7) is 7.76. The fraction of sp³-hybridized carbons (Fsp3) is 0.559. The summed E-state index contributed by atoms with van der Waals surface area (Å²) in [7, 11) is -2.52. The van der Waals surface area contributed by atoms with Gasteiger partial charge in [-0.3, -0.25) is 9.59 Å². The van der Waals surface area contributed by atoms with Gasteiger partial charge in [-0.1, -0.05) is 50.2 Å². The molecule has 1 fully saturated rings. The van der Waals surface area contributed by atoms with E-state index in [4.69, 9.17) is 15.2 Å². The van der Waals surface area contributed by atoms with Crippen molar-refractivity contribution < 1.29 is 50.6 Å². The molecule has 0 unspecified atom stereocenters. The number of carbonyl (C=O) groups excluding carboxylic acids is 3. The zero-order chi connectivity index (χ0) is 37.6. The van der Waals surface area contributed by atoms with Crippen LogP contribution in [-0.2, 0) is 42.9 Å². The van der Waals surface area contributed by atoms with E-state index in [-0.39, 0.29) is 19.4 Å². The van der Waals surface area contributed by atoms with Gasteiger partial charge in [0.15, 0.2) is 15.9 Å². The monoisotopic (exact) mass is 728 g/mol. The van der Waals surface area contributed by atoms with Crippen LogP contribution in [0.3, 0.4) is 0 Å². The first-order valence-corrected chi connectivity index (χ1v) is 17.8. The van der Waals surface area contributed by atoms with Crippen LogP contribution in [0.25, 0.3) is 0 Å². The van der Waals surface area contributed by atoms with Crippen LogP contribution >= 0.6 is 0 Å². The van der Waals surface area contributed by atoms with Crippen molar-refractivity contribution in [1.82, 2.24) is 15.5 Å². The Morgan fingerprint density at radius 3 is 2.08 bits per heavy atom. The third-order valence-corrected chi connectivity index (χ3v) is 10.3. The van der Waals surface area contributed by atoms with Gasteiger partial charge in [-0.25, -0.2) is 13.2 Å². The highest BCUT2D eigenvalue weighted by molar-refractivity contribution is 7.91. The quantitative estimate of drug-likeness (QED) is 0.241. The number of methoxy groups -OCH3 is 1. The molecule has 1 aliphatic heterocycles. The smallest absolute Gasteiger partial charge is 0.416 e. The molecule has 1 saturated heterocycles. The Hall–Kier alpha value is -3.89. The Bertz CT molecular complexity index is 1580. The second-order valence-electron chi connectivity index (χ2n) is 13.8. The van der Waals surface area contributed by atoms with E-state index in [2.05, 4.69) is 10.6 Å². The van der Waals surface area contributed by atoms with Crippen LogP contribution in [0.1, 0.15) is 57.7 Å². The molecule has 1 aliphatic rings. The van der Waals surface area contributed by atoms with Gasteiger partial charge in [-0.2, -0.15) is 13.2 Å². The minimum absolute atomic E-state index is 0.00583. The van der Waals surface area contributed by atoms with Crippen LogP contribution in [0.5, 0.6) is 5.75 Å². The van der Waals surface area contributed by atoms with Crippen molar-refractivity contribution in [3.63, 3.8) is 0 Å². The number of halogens is 3. The van der Waals surface area contributed by atoms with Crippen molar-refractivity contribution in [2.24, 2.45) is 11.7 Å². The number of aliphatic hydroxyl groups is 1. The summed E-state index contributed by atoms with van der Waals surface area (Å²) in [5, 5.41) is 13.6. The highest BCUT2D eigenvalue weighted by atomic mass is 32.2. The fourth-order valence-corrected chi connectivity index (χ4v) is 7.29. The Morgan fingerprint density at radius 1 is 1.00 bits per heavy atom. The van der Waals surface area contributed by atoms with Crippen LogP contribution in [0, 0.1) is 5.92 Å². The number of ether oxygens (including phenoxy) is 2. The lowest BCUT2D eigenvalue weighted by atomic mass is 9.97.